The van der Waals surface area contributed by atoms with Gasteiger partial charge in [-0.1, -0.05) is 11.6 Å². The number of benzene rings is 2. The molecule has 1 saturated heterocycles. The molecule has 4 rings (SSSR count). The Kier molecular flexibility index (Phi) is 6.01. The maximum atomic E-state index is 13.3. The number of amides is 1. The molecule has 1 fully saturated rings. The average molecular weight is 461 g/mol. The van der Waals surface area contributed by atoms with Gasteiger partial charge in [0.2, 0.25) is 5.91 Å². The first-order valence-corrected chi connectivity index (χ1v) is 10.3. The van der Waals surface area contributed by atoms with Crippen LogP contribution in [0.25, 0.3) is 0 Å². The van der Waals surface area contributed by atoms with Crippen LogP contribution >= 0.6 is 0 Å². The molecule has 0 unspecified atom stereocenters. The molecule has 0 bridgehead atoms. The van der Waals surface area contributed by atoms with Gasteiger partial charge in [0.05, 0.1) is 18.2 Å². The average Bonchev–Trinajstić information content (AvgIpc) is 2.94. The van der Waals surface area contributed by atoms with Crippen molar-refractivity contribution < 1.29 is 32.2 Å². The van der Waals surface area contributed by atoms with E-state index in [9.17, 15) is 22.8 Å². The molecule has 2 aromatic rings. The smallest absolute Gasteiger partial charge is 0.416 e. The largest absolute Gasteiger partial charge is 0.469 e. The van der Waals surface area contributed by atoms with E-state index in [4.69, 9.17) is 4.74 Å². The third-order valence-electron chi connectivity index (χ3n) is 5.56. The first-order valence-electron chi connectivity index (χ1n) is 10.3. The van der Waals surface area contributed by atoms with Gasteiger partial charge in [-0.25, -0.2) is 4.99 Å². The lowest BCUT2D eigenvalue weighted by molar-refractivity contribution is -0.147. The molecule has 7 nitrogen and oxygen atoms in total. The van der Waals surface area contributed by atoms with E-state index >= 15 is 0 Å². The summed E-state index contributed by atoms with van der Waals surface area (Å²) < 4.78 is 50.4. The number of esters is 1. The Labute approximate surface area is 188 Å². The zero-order valence-electron chi connectivity index (χ0n) is 18.1. The van der Waals surface area contributed by atoms with Crippen LogP contribution in [0.2, 0.25) is 0 Å². The van der Waals surface area contributed by atoms with E-state index in [1.807, 2.05) is 24.0 Å². The number of methoxy groups -OCH3 is 1. The Hall–Kier alpha value is -3.56. The number of amidine groups is 1. The SMILES string of the molecule is COC(=O)CC(=O)N1CCN(C2=Nc3cc(C(F)(F)F)ccc3Oc3ccc(C)cc32)CC1. The fourth-order valence-corrected chi connectivity index (χ4v) is 3.78. The highest BCUT2D eigenvalue weighted by atomic mass is 19.4. The Morgan fingerprint density at radius 2 is 1.76 bits per heavy atom. The zero-order valence-corrected chi connectivity index (χ0v) is 18.1. The van der Waals surface area contributed by atoms with Crippen LogP contribution in [-0.2, 0) is 20.5 Å². The summed E-state index contributed by atoms with van der Waals surface area (Å²) in [7, 11) is 1.22. The van der Waals surface area contributed by atoms with Gasteiger partial charge in [-0.2, -0.15) is 13.2 Å². The maximum Gasteiger partial charge on any atom is 0.416 e. The number of rotatable bonds is 2. The Morgan fingerprint density at radius 1 is 1.06 bits per heavy atom. The number of piperazine rings is 1. The monoisotopic (exact) mass is 461 g/mol. The summed E-state index contributed by atoms with van der Waals surface area (Å²) in [6.07, 6.45) is -4.84. The molecule has 0 radical (unpaired) electrons. The fraction of sp³-hybridized carbons (Fsp3) is 0.348. The number of carbonyl (C=O) groups is 2. The summed E-state index contributed by atoms with van der Waals surface area (Å²) in [5.74, 6) is 0.266. The molecule has 2 aliphatic heterocycles. The van der Waals surface area contributed by atoms with Crippen LogP contribution < -0.4 is 4.74 Å². The molecular weight excluding hydrogens is 439 g/mol. The van der Waals surface area contributed by atoms with Gasteiger partial charge in [0, 0.05) is 26.2 Å². The van der Waals surface area contributed by atoms with Gasteiger partial charge in [-0.15, -0.1) is 0 Å². The summed E-state index contributed by atoms with van der Waals surface area (Å²) in [4.78, 5) is 31.8. The highest BCUT2D eigenvalue weighted by Gasteiger charge is 2.33. The van der Waals surface area contributed by atoms with Crippen LogP contribution in [0.1, 0.15) is 23.1 Å². The van der Waals surface area contributed by atoms with Crippen molar-refractivity contribution in [2.45, 2.75) is 19.5 Å². The minimum atomic E-state index is -4.51. The molecule has 0 saturated carbocycles. The first-order chi connectivity index (χ1) is 15.7. The summed E-state index contributed by atoms with van der Waals surface area (Å²) >= 11 is 0. The molecule has 0 N–H and O–H groups in total. The van der Waals surface area contributed by atoms with Gasteiger partial charge in [-0.3, -0.25) is 9.59 Å². The molecule has 10 heteroatoms. The lowest BCUT2D eigenvalue weighted by atomic mass is 10.1. The second-order valence-electron chi connectivity index (χ2n) is 7.84. The van der Waals surface area contributed by atoms with Gasteiger partial charge >= 0.3 is 12.1 Å². The highest BCUT2D eigenvalue weighted by molar-refractivity contribution is 6.04. The van der Waals surface area contributed by atoms with Crippen molar-refractivity contribution in [1.82, 2.24) is 9.80 Å². The van der Waals surface area contributed by atoms with Crippen LogP contribution in [0.3, 0.4) is 0 Å². The van der Waals surface area contributed by atoms with E-state index in [0.717, 1.165) is 17.7 Å². The molecule has 2 aliphatic rings. The highest BCUT2D eigenvalue weighted by Crippen LogP contribution is 2.42. The standard InChI is InChI=1S/C23H22F3N3O4/c1-14-3-5-18-16(11-14)22(27-17-12-15(23(24,25)26)4-6-19(17)33-18)29-9-7-28(8-10-29)20(30)13-21(31)32-2/h3-6,11-12H,7-10,13H2,1-2H3. The van der Waals surface area contributed by atoms with Crippen LogP contribution in [0.15, 0.2) is 41.4 Å². The first kappa shape index (κ1) is 22.6. The fourth-order valence-electron chi connectivity index (χ4n) is 3.78. The van der Waals surface area contributed by atoms with Crippen molar-refractivity contribution in [3.8, 4) is 11.5 Å². The van der Waals surface area contributed by atoms with E-state index in [1.165, 1.54) is 13.2 Å². The molecule has 0 aromatic heterocycles. The van der Waals surface area contributed by atoms with Crippen molar-refractivity contribution in [2.75, 3.05) is 33.3 Å². The third-order valence-corrected chi connectivity index (χ3v) is 5.56. The third kappa shape index (κ3) is 4.79. The summed E-state index contributed by atoms with van der Waals surface area (Å²) in [5.41, 5.74) is 0.874. The van der Waals surface area contributed by atoms with Crippen molar-refractivity contribution in [3.63, 3.8) is 0 Å². The van der Waals surface area contributed by atoms with Gasteiger partial charge in [0.25, 0.3) is 0 Å². The lowest BCUT2D eigenvalue weighted by Crippen LogP contribution is -2.51. The quantitative estimate of drug-likeness (QED) is 0.501. The molecule has 1 amide bonds. The topological polar surface area (TPSA) is 71.4 Å². The van der Waals surface area contributed by atoms with E-state index in [-0.39, 0.29) is 23.8 Å². The molecule has 33 heavy (non-hydrogen) atoms. The number of halogens is 3. The molecule has 174 valence electrons. The maximum absolute atomic E-state index is 13.3. The van der Waals surface area contributed by atoms with E-state index < -0.39 is 17.7 Å². The van der Waals surface area contributed by atoms with Crippen molar-refractivity contribution in [1.29, 1.82) is 0 Å². The predicted octanol–water partition coefficient (Wildman–Crippen LogP) is 3.91. The molecule has 0 aliphatic carbocycles. The van der Waals surface area contributed by atoms with Gasteiger partial charge < -0.3 is 19.3 Å². The number of nitrogens with zero attached hydrogens (tertiary/aromatic N) is 3. The van der Waals surface area contributed by atoms with Crippen LogP contribution in [0, 0.1) is 6.92 Å². The number of ether oxygens (including phenoxy) is 2. The number of alkyl halides is 3. The van der Waals surface area contributed by atoms with Gasteiger partial charge in [0.15, 0.2) is 5.75 Å². The Balaban J connectivity index is 1.66. The van der Waals surface area contributed by atoms with E-state index in [1.54, 1.807) is 11.0 Å². The number of carbonyl (C=O) groups excluding carboxylic acids is 2. The minimum absolute atomic E-state index is 0.0814. The summed E-state index contributed by atoms with van der Waals surface area (Å²) in [6, 6.07) is 8.72. The van der Waals surface area contributed by atoms with Crippen LogP contribution in [0.4, 0.5) is 18.9 Å². The molecular formula is C23H22F3N3O4. The lowest BCUT2D eigenvalue weighted by Gasteiger charge is -2.36. The van der Waals surface area contributed by atoms with Crippen LogP contribution in [0.5, 0.6) is 11.5 Å². The number of aryl methyl sites for hydroxylation is 1. The van der Waals surface area contributed by atoms with Crippen molar-refractivity contribution >= 4 is 23.4 Å². The van der Waals surface area contributed by atoms with E-state index in [2.05, 4.69) is 9.73 Å². The number of aliphatic imine (C=N–C) groups is 1. The minimum Gasteiger partial charge on any atom is -0.469 e. The van der Waals surface area contributed by atoms with E-state index in [0.29, 0.717) is 43.3 Å². The second kappa shape index (κ2) is 8.76. The second-order valence-corrected chi connectivity index (χ2v) is 7.84. The zero-order chi connectivity index (χ0) is 23.8. The Morgan fingerprint density at radius 3 is 2.42 bits per heavy atom. The Bertz CT molecular complexity index is 1120. The molecule has 0 atom stereocenters. The number of hydrogen-bond donors (Lipinski definition) is 0. The van der Waals surface area contributed by atoms with Crippen molar-refractivity contribution in [3.05, 3.63) is 53.1 Å². The number of hydrogen-bond acceptors (Lipinski definition) is 6. The molecule has 0 spiro atoms. The summed E-state index contributed by atoms with van der Waals surface area (Å²) in [5, 5.41) is 0. The normalized spacial score (nSPS) is 15.6. The predicted molar refractivity (Wildman–Crippen MR) is 114 cm³/mol. The van der Waals surface area contributed by atoms with Gasteiger partial charge in [0.1, 0.15) is 23.7 Å². The molecule has 2 aromatic carbocycles. The van der Waals surface area contributed by atoms with Gasteiger partial charge in [-0.05, 0) is 37.3 Å². The van der Waals surface area contributed by atoms with Crippen molar-refractivity contribution in [2.24, 2.45) is 4.99 Å². The number of fused-ring (bicyclic) bond motifs is 2. The summed E-state index contributed by atoms with van der Waals surface area (Å²) in [6.45, 7) is 3.38. The molecule has 2 heterocycles. The van der Waals surface area contributed by atoms with Crippen LogP contribution in [-0.4, -0.2) is 60.8 Å².